The summed E-state index contributed by atoms with van der Waals surface area (Å²) in [5, 5.41) is 64.3. The van der Waals surface area contributed by atoms with E-state index >= 15 is 0 Å². The Morgan fingerprint density at radius 2 is 0.955 bits per heavy atom. The van der Waals surface area contributed by atoms with E-state index in [0.717, 1.165) is 12.8 Å². The molecule has 0 rings (SSSR count). The predicted octanol–water partition coefficient (Wildman–Crippen LogP) is -1.92. The summed E-state index contributed by atoms with van der Waals surface area (Å²) in [7, 11) is 0. The monoisotopic (exact) mass is 332 g/mol. The molecule has 0 aliphatic heterocycles. The molecule has 8 N–H and O–H groups in total. The van der Waals surface area contributed by atoms with Gasteiger partial charge in [-0.15, -0.1) is 0 Å². The molecule has 0 amide bonds. The Bertz CT molecular complexity index is 153. The van der Waals surface area contributed by atoms with E-state index < -0.39 is 6.10 Å². The second-order valence-corrected chi connectivity index (χ2v) is 5.11. The van der Waals surface area contributed by atoms with Gasteiger partial charge in [-0.05, 0) is 19.8 Å². The molecule has 0 radical (unpaired) electrons. The van der Waals surface area contributed by atoms with E-state index in [-0.39, 0.29) is 51.7 Å². The van der Waals surface area contributed by atoms with Crippen molar-refractivity contribution in [3.8, 4) is 0 Å². The molecule has 0 aliphatic rings. The summed E-state index contributed by atoms with van der Waals surface area (Å²) in [5.74, 6) is 0. The van der Waals surface area contributed by atoms with Crippen LogP contribution in [0.2, 0.25) is 0 Å². The van der Waals surface area contributed by atoms with Gasteiger partial charge in [-0.25, -0.2) is 0 Å². The van der Waals surface area contributed by atoms with E-state index in [0.29, 0.717) is 0 Å². The van der Waals surface area contributed by atoms with E-state index in [1.807, 2.05) is 0 Å². The Balaban J connectivity index is -0.000000100. The Morgan fingerprint density at radius 3 is 1.00 bits per heavy atom. The summed E-state index contributed by atoms with van der Waals surface area (Å²) in [6.45, 7) is 5.22. The molecule has 0 aromatic carbocycles. The fourth-order valence-electron chi connectivity index (χ4n) is 0.274. The quantitative estimate of drug-likeness (QED) is 0.250. The molecule has 8 heteroatoms. The fraction of sp³-hybridized carbons (Fsp3) is 1.00. The summed E-state index contributed by atoms with van der Waals surface area (Å²) >= 11 is 0. The first-order valence-electron chi connectivity index (χ1n) is 7.16. The van der Waals surface area contributed by atoms with Gasteiger partial charge in [0.05, 0.1) is 39.1 Å². The van der Waals surface area contributed by atoms with Gasteiger partial charge in [0, 0.05) is 18.6 Å². The van der Waals surface area contributed by atoms with Crippen LogP contribution in [0.4, 0.5) is 0 Å². The van der Waals surface area contributed by atoms with Crippen LogP contribution in [-0.4, -0.2) is 93.2 Å². The van der Waals surface area contributed by atoms with Gasteiger partial charge in [0.25, 0.3) is 0 Å². The first-order chi connectivity index (χ1) is 10.2. The van der Waals surface area contributed by atoms with Crippen molar-refractivity contribution in [2.45, 2.75) is 39.7 Å². The van der Waals surface area contributed by atoms with Gasteiger partial charge in [-0.3, -0.25) is 0 Å². The summed E-state index contributed by atoms with van der Waals surface area (Å²) in [6.07, 6.45) is 0.877. The lowest BCUT2D eigenvalue weighted by atomic mass is 9.97. The molecule has 1 unspecified atom stereocenters. The Hall–Kier alpha value is -0.320. The van der Waals surface area contributed by atoms with Crippen LogP contribution in [0.15, 0.2) is 0 Å². The highest BCUT2D eigenvalue weighted by molar-refractivity contribution is 4.62. The zero-order valence-electron chi connectivity index (χ0n) is 14.0. The van der Waals surface area contributed by atoms with Crippen molar-refractivity contribution in [1.82, 2.24) is 0 Å². The topological polar surface area (TPSA) is 162 Å². The van der Waals surface area contributed by atoms with Crippen LogP contribution in [0.5, 0.6) is 0 Å². The Kier molecular flexibility index (Phi) is 34.5. The first-order valence-corrected chi connectivity index (χ1v) is 7.16. The Morgan fingerprint density at radius 1 is 0.682 bits per heavy atom. The highest BCUT2D eigenvalue weighted by atomic mass is 16.3. The third-order valence-corrected chi connectivity index (χ3v) is 1.79. The Labute approximate surface area is 133 Å². The number of hydrogen-bond donors (Lipinski definition) is 8. The normalized spacial score (nSPS) is 11.0. The van der Waals surface area contributed by atoms with Crippen molar-refractivity contribution in [3.63, 3.8) is 0 Å². The molecule has 8 nitrogen and oxygen atoms in total. The van der Waals surface area contributed by atoms with Gasteiger partial charge >= 0.3 is 0 Å². The second-order valence-electron chi connectivity index (χ2n) is 5.11. The second kappa shape index (κ2) is 25.6. The van der Waals surface area contributed by atoms with Crippen molar-refractivity contribution in [2.75, 3.05) is 46.2 Å². The van der Waals surface area contributed by atoms with Crippen LogP contribution in [0, 0.1) is 5.41 Å². The van der Waals surface area contributed by atoms with Crippen molar-refractivity contribution >= 4 is 0 Å². The van der Waals surface area contributed by atoms with Gasteiger partial charge < -0.3 is 40.9 Å². The highest BCUT2D eigenvalue weighted by Crippen LogP contribution is 2.10. The molecular formula is C14H36O8. The molecule has 140 valence electrons. The molecular weight excluding hydrogens is 296 g/mol. The predicted molar refractivity (Wildman–Crippen MR) is 84.3 cm³/mol. The van der Waals surface area contributed by atoms with Crippen LogP contribution < -0.4 is 0 Å². The van der Waals surface area contributed by atoms with E-state index in [4.69, 9.17) is 40.9 Å². The smallest absolute Gasteiger partial charge is 0.0742 e. The fourth-order valence-corrected chi connectivity index (χ4v) is 0.274. The molecule has 0 fully saturated rings. The zero-order valence-corrected chi connectivity index (χ0v) is 14.0. The lowest BCUT2D eigenvalue weighted by Crippen LogP contribution is -2.20. The van der Waals surface area contributed by atoms with Crippen LogP contribution in [-0.2, 0) is 0 Å². The van der Waals surface area contributed by atoms with Gasteiger partial charge in [0.15, 0.2) is 0 Å². The summed E-state index contributed by atoms with van der Waals surface area (Å²) < 4.78 is 0. The van der Waals surface area contributed by atoms with Gasteiger partial charge in [0.1, 0.15) is 0 Å². The average Bonchev–Trinajstić information content (AvgIpc) is 2.54. The van der Waals surface area contributed by atoms with Gasteiger partial charge in [0.2, 0.25) is 0 Å². The molecule has 1 atom stereocenters. The number of aliphatic hydroxyl groups excluding tert-OH is 8. The number of rotatable bonds is 7. The maximum Gasteiger partial charge on any atom is 0.0742 e. The number of unbranched alkanes of at least 4 members (excludes halogenated alkanes) is 1. The molecule has 0 saturated carbocycles. The number of aliphatic hydroxyl groups is 8. The molecule has 0 spiro atoms. The molecule has 0 heterocycles. The molecule has 0 bridgehead atoms. The molecule has 22 heavy (non-hydrogen) atoms. The maximum atomic E-state index is 8.43. The van der Waals surface area contributed by atoms with Crippen molar-refractivity contribution < 1.29 is 40.9 Å². The van der Waals surface area contributed by atoms with Gasteiger partial charge in [-0.1, -0.05) is 13.8 Å². The largest absolute Gasteiger partial charge is 0.396 e. The van der Waals surface area contributed by atoms with Crippen LogP contribution in [0.1, 0.15) is 33.6 Å². The molecule has 0 aromatic rings. The van der Waals surface area contributed by atoms with Crippen molar-refractivity contribution in [3.05, 3.63) is 0 Å². The molecule has 0 saturated heterocycles. The van der Waals surface area contributed by atoms with Gasteiger partial charge in [-0.2, -0.15) is 0 Å². The lowest BCUT2D eigenvalue weighted by Gasteiger charge is -2.16. The van der Waals surface area contributed by atoms with E-state index in [2.05, 4.69) is 0 Å². The SMILES string of the molecule is CC(C)(CO)CO.CC(O)CO.OCCCCO.OCCO. The van der Waals surface area contributed by atoms with Crippen molar-refractivity contribution in [1.29, 1.82) is 0 Å². The minimum absolute atomic E-state index is 0.0451. The summed E-state index contributed by atoms with van der Waals surface area (Å²) in [6, 6.07) is 0. The van der Waals surface area contributed by atoms with E-state index in [9.17, 15) is 0 Å². The minimum atomic E-state index is -0.560. The summed E-state index contributed by atoms with van der Waals surface area (Å²) in [5.41, 5.74) is -0.306. The van der Waals surface area contributed by atoms with Crippen LogP contribution in [0.3, 0.4) is 0 Å². The standard InChI is InChI=1S/C5H12O2.C4H10O2.C3H8O2.C2H6O2/c1-5(2,3-6)4-7;5-3-1-2-4-6;1-3(5)2-4;3-1-2-4/h6-7H,3-4H2,1-2H3;5-6H,1-4H2;3-5H,2H2,1H3;3-4H,1-2H2. The summed E-state index contributed by atoms with van der Waals surface area (Å²) in [4.78, 5) is 0. The third-order valence-electron chi connectivity index (χ3n) is 1.79. The number of hydrogen-bond acceptors (Lipinski definition) is 8. The first kappa shape index (κ1) is 29.7. The van der Waals surface area contributed by atoms with E-state index in [1.54, 1.807) is 13.8 Å². The third kappa shape index (κ3) is 50.3. The lowest BCUT2D eigenvalue weighted by molar-refractivity contribution is 0.0857. The maximum absolute atomic E-state index is 8.43. The average molecular weight is 332 g/mol. The van der Waals surface area contributed by atoms with Crippen LogP contribution >= 0.6 is 0 Å². The molecule has 0 aromatic heterocycles. The van der Waals surface area contributed by atoms with Crippen molar-refractivity contribution in [2.24, 2.45) is 5.41 Å². The van der Waals surface area contributed by atoms with Crippen LogP contribution in [0.25, 0.3) is 0 Å². The minimum Gasteiger partial charge on any atom is -0.396 e. The zero-order chi connectivity index (χ0) is 18.4. The molecule has 0 aliphatic carbocycles. The highest BCUT2D eigenvalue weighted by Gasteiger charge is 2.13. The van der Waals surface area contributed by atoms with E-state index in [1.165, 1.54) is 6.92 Å².